The van der Waals surface area contributed by atoms with Gasteiger partial charge in [0.2, 0.25) is 0 Å². The Kier molecular flexibility index (Phi) is 6.63. The van der Waals surface area contributed by atoms with Gasteiger partial charge in [0, 0.05) is 10.0 Å². The van der Waals surface area contributed by atoms with Crippen LogP contribution >= 0.6 is 23.2 Å². The Balaban J connectivity index is 0.00000176. The highest BCUT2D eigenvalue weighted by Gasteiger charge is 2.28. The van der Waals surface area contributed by atoms with Crippen LogP contribution in [0.4, 0.5) is 0 Å². The molecule has 0 aliphatic heterocycles. The first-order chi connectivity index (χ1) is 10.2. The van der Waals surface area contributed by atoms with Crippen LogP contribution in [-0.2, 0) is 10.9 Å². The lowest BCUT2D eigenvalue weighted by Gasteiger charge is -2.08. The van der Waals surface area contributed by atoms with Crippen LogP contribution in [0.2, 0.25) is 10.0 Å². The van der Waals surface area contributed by atoms with Crippen LogP contribution in [0.15, 0.2) is 93.5 Å². The Hall–Kier alpha value is -0.680. The van der Waals surface area contributed by atoms with E-state index in [1.807, 2.05) is 30.3 Å². The highest BCUT2D eigenvalue weighted by atomic mass is 127. The van der Waals surface area contributed by atoms with Crippen LogP contribution in [0, 0.1) is 0 Å². The first-order valence-corrected chi connectivity index (χ1v) is 8.52. The molecule has 0 saturated carbocycles. The van der Waals surface area contributed by atoms with E-state index in [1.165, 1.54) is 14.7 Å². The number of hydrogen-bond donors (Lipinski definition) is 0. The Labute approximate surface area is 160 Å². The van der Waals surface area contributed by atoms with Crippen molar-refractivity contribution in [3.05, 3.63) is 88.9 Å². The first-order valence-electron chi connectivity index (χ1n) is 6.54. The highest BCUT2D eigenvalue weighted by Crippen LogP contribution is 2.32. The molecular weight excluding hydrogens is 446 g/mol. The summed E-state index contributed by atoms with van der Waals surface area (Å²) < 4.78 is 0. The maximum Gasteiger partial charge on any atom is 0.166 e. The second-order valence-electron chi connectivity index (χ2n) is 4.53. The molecule has 0 amide bonds. The first kappa shape index (κ1) is 17.7. The molecule has 0 saturated heterocycles. The molecule has 0 heterocycles. The van der Waals surface area contributed by atoms with E-state index in [0.29, 0.717) is 0 Å². The number of benzene rings is 3. The molecule has 0 unspecified atom stereocenters. The summed E-state index contributed by atoms with van der Waals surface area (Å²) in [6, 6.07) is 26.6. The lowest BCUT2D eigenvalue weighted by atomic mass is 10.3. The molecule has 0 fully saturated rings. The van der Waals surface area contributed by atoms with Gasteiger partial charge in [0.05, 0.1) is 10.9 Å². The fraction of sp³-hybridized carbons (Fsp3) is 0. The Morgan fingerprint density at radius 2 is 0.864 bits per heavy atom. The van der Waals surface area contributed by atoms with Crippen molar-refractivity contribution in [2.45, 2.75) is 14.7 Å². The molecule has 0 aliphatic rings. The van der Waals surface area contributed by atoms with E-state index in [9.17, 15) is 0 Å². The van der Waals surface area contributed by atoms with Gasteiger partial charge in [0.25, 0.3) is 0 Å². The predicted octanol–water partition coefficient (Wildman–Crippen LogP) is 3.09. The molecule has 0 bridgehead atoms. The highest BCUT2D eigenvalue weighted by molar-refractivity contribution is 7.97. The molecule has 0 aromatic heterocycles. The van der Waals surface area contributed by atoms with E-state index < -0.39 is 0 Å². The van der Waals surface area contributed by atoms with E-state index in [1.54, 1.807) is 0 Å². The largest absolute Gasteiger partial charge is 1.00 e. The van der Waals surface area contributed by atoms with Crippen molar-refractivity contribution in [2.75, 3.05) is 0 Å². The minimum absolute atomic E-state index is 0. The van der Waals surface area contributed by atoms with E-state index in [0.717, 1.165) is 10.0 Å². The zero-order chi connectivity index (χ0) is 14.7. The Morgan fingerprint density at radius 1 is 0.500 bits per heavy atom. The molecule has 0 nitrogen and oxygen atoms in total. The monoisotopic (exact) mass is 458 g/mol. The molecule has 0 aliphatic carbocycles. The second kappa shape index (κ2) is 8.25. The van der Waals surface area contributed by atoms with Crippen molar-refractivity contribution in [1.82, 2.24) is 0 Å². The molecule has 0 atom stereocenters. The van der Waals surface area contributed by atoms with Gasteiger partial charge in [-0.1, -0.05) is 41.4 Å². The topological polar surface area (TPSA) is 0 Å². The van der Waals surface area contributed by atoms with Gasteiger partial charge in [-0.25, -0.2) is 0 Å². The average Bonchev–Trinajstić information content (AvgIpc) is 2.52. The summed E-state index contributed by atoms with van der Waals surface area (Å²) in [7, 11) is -0.148. The smallest absolute Gasteiger partial charge is 0.166 e. The standard InChI is InChI=1S/C18H13Cl2S.HI/c19-14-6-10-17(11-7-14)21(16-4-2-1-3-5-16)18-12-8-15(20)9-13-18;/h1-13H;1H/q+1;/p-1. The van der Waals surface area contributed by atoms with Gasteiger partial charge in [-0.2, -0.15) is 0 Å². The van der Waals surface area contributed by atoms with E-state index in [4.69, 9.17) is 23.2 Å². The van der Waals surface area contributed by atoms with E-state index in [2.05, 4.69) is 48.5 Å². The Morgan fingerprint density at radius 3 is 1.27 bits per heavy atom. The zero-order valence-corrected chi connectivity index (χ0v) is 16.0. The van der Waals surface area contributed by atoms with Gasteiger partial charge in [-0.3, -0.25) is 0 Å². The third-order valence-corrected chi connectivity index (χ3v) is 5.81. The van der Waals surface area contributed by atoms with Gasteiger partial charge in [0.15, 0.2) is 14.7 Å². The summed E-state index contributed by atoms with van der Waals surface area (Å²) in [5.74, 6) is 0. The molecule has 112 valence electrons. The number of rotatable bonds is 3. The van der Waals surface area contributed by atoms with Crippen molar-refractivity contribution in [2.24, 2.45) is 0 Å². The zero-order valence-electron chi connectivity index (χ0n) is 11.5. The summed E-state index contributed by atoms with van der Waals surface area (Å²) in [6.07, 6.45) is 0. The average molecular weight is 459 g/mol. The molecule has 0 spiro atoms. The molecular formula is C18H13Cl2IS. The molecule has 3 rings (SSSR count). The predicted molar refractivity (Wildman–Crippen MR) is 91.5 cm³/mol. The molecule has 4 heteroatoms. The number of hydrogen-bond acceptors (Lipinski definition) is 0. The fourth-order valence-corrected chi connectivity index (χ4v) is 4.42. The fourth-order valence-electron chi connectivity index (χ4n) is 2.11. The van der Waals surface area contributed by atoms with Crippen LogP contribution in [0.25, 0.3) is 0 Å². The maximum atomic E-state index is 6.01. The summed E-state index contributed by atoms with van der Waals surface area (Å²) in [5.41, 5.74) is 0. The van der Waals surface area contributed by atoms with Crippen molar-refractivity contribution in [3.63, 3.8) is 0 Å². The second-order valence-corrected chi connectivity index (χ2v) is 7.43. The third kappa shape index (κ3) is 4.19. The molecule has 0 N–H and O–H groups in total. The van der Waals surface area contributed by atoms with Gasteiger partial charge in [-0.05, 0) is 60.7 Å². The molecule has 3 aromatic carbocycles. The lowest BCUT2D eigenvalue weighted by Crippen LogP contribution is -3.00. The maximum absolute atomic E-state index is 6.01. The summed E-state index contributed by atoms with van der Waals surface area (Å²) in [4.78, 5) is 3.77. The van der Waals surface area contributed by atoms with Crippen LogP contribution in [0.3, 0.4) is 0 Å². The summed E-state index contributed by atoms with van der Waals surface area (Å²) >= 11 is 12.0. The minimum Gasteiger partial charge on any atom is -1.00 e. The van der Waals surface area contributed by atoms with Crippen molar-refractivity contribution >= 4 is 34.1 Å². The molecule has 3 aromatic rings. The van der Waals surface area contributed by atoms with Crippen LogP contribution in [-0.4, -0.2) is 0 Å². The SMILES string of the molecule is Clc1ccc([S+](c2ccccc2)c2ccc(Cl)cc2)cc1.[I-]. The van der Waals surface area contributed by atoms with Crippen LogP contribution in [0.5, 0.6) is 0 Å². The van der Waals surface area contributed by atoms with Crippen molar-refractivity contribution in [3.8, 4) is 0 Å². The number of halogens is 3. The minimum atomic E-state index is -0.148. The van der Waals surface area contributed by atoms with Crippen molar-refractivity contribution in [1.29, 1.82) is 0 Å². The van der Waals surface area contributed by atoms with Gasteiger partial charge < -0.3 is 24.0 Å². The van der Waals surface area contributed by atoms with Crippen LogP contribution < -0.4 is 24.0 Å². The van der Waals surface area contributed by atoms with E-state index >= 15 is 0 Å². The lowest BCUT2D eigenvalue weighted by molar-refractivity contribution is -0.00000394. The molecule has 22 heavy (non-hydrogen) atoms. The third-order valence-electron chi connectivity index (χ3n) is 3.08. The quantitative estimate of drug-likeness (QED) is 0.418. The van der Waals surface area contributed by atoms with Gasteiger partial charge in [0.1, 0.15) is 0 Å². The summed E-state index contributed by atoms with van der Waals surface area (Å²) in [6.45, 7) is 0. The van der Waals surface area contributed by atoms with E-state index in [-0.39, 0.29) is 34.9 Å². The Bertz CT molecular complexity index is 667. The van der Waals surface area contributed by atoms with Gasteiger partial charge in [-0.15, -0.1) is 0 Å². The van der Waals surface area contributed by atoms with Gasteiger partial charge >= 0.3 is 0 Å². The summed E-state index contributed by atoms with van der Waals surface area (Å²) in [5, 5.41) is 1.51. The van der Waals surface area contributed by atoms with Crippen LogP contribution in [0.1, 0.15) is 0 Å². The van der Waals surface area contributed by atoms with Crippen molar-refractivity contribution < 1.29 is 24.0 Å². The molecule has 0 radical (unpaired) electrons. The normalized spacial score (nSPS) is 10.3.